The van der Waals surface area contributed by atoms with E-state index >= 15 is 0 Å². The number of likely N-dealkylation sites (tertiary alicyclic amines) is 1. The lowest BCUT2D eigenvalue weighted by Crippen LogP contribution is -2.52. The van der Waals surface area contributed by atoms with Gasteiger partial charge in [0.25, 0.3) is 0 Å². The van der Waals surface area contributed by atoms with Crippen LogP contribution < -0.4 is 10.2 Å². The number of piperazine rings is 1. The molecule has 0 saturated carbocycles. The normalized spacial score (nSPS) is 19.1. The summed E-state index contributed by atoms with van der Waals surface area (Å²) in [5.74, 6) is 2.16. The Morgan fingerprint density at radius 1 is 1.00 bits per heavy atom. The van der Waals surface area contributed by atoms with Gasteiger partial charge < -0.3 is 20.0 Å². The maximum Gasteiger partial charge on any atom is 0.194 e. The van der Waals surface area contributed by atoms with Crippen molar-refractivity contribution >= 4 is 11.8 Å². The van der Waals surface area contributed by atoms with E-state index in [4.69, 9.17) is 4.99 Å². The summed E-state index contributed by atoms with van der Waals surface area (Å²) >= 11 is 0. The molecule has 3 heterocycles. The first-order valence-electron chi connectivity index (χ1n) is 11.3. The number of aliphatic imine (C=N–C) groups is 1. The van der Waals surface area contributed by atoms with Crippen molar-refractivity contribution in [1.29, 1.82) is 0 Å². The van der Waals surface area contributed by atoms with Crippen LogP contribution in [0.25, 0.3) is 0 Å². The lowest BCUT2D eigenvalue weighted by atomic mass is 10.1. The average Bonchev–Trinajstić information content (AvgIpc) is 2.77. The zero-order chi connectivity index (χ0) is 19.4. The molecule has 1 aromatic rings. The van der Waals surface area contributed by atoms with Crippen LogP contribution in [-0.4, -0.2) is 79.6 Å². The van der Waals surface area contributed by atoms with E-state index in [1.807, 2.05) is 12.3 Å². The number of nitrogens with one attached hydrogen (secondary N) is 1. The summed E-state index contributed by atoms with van der Waals surface area (Å²) in [6.07, 6.45) is 9.87. The maximum atomic E-state index is 4.90. The number of piperidine rings is 1. The Hall–Kier alpha value is -1.82. The van der Waals surface area contributed by atoms with Crippen molar-refractivity contribution in [3.8, 4) is 0 Å². The van der Waals surface area contributed by atoms with Crippen LogP contribution in [0.3, 0.4) is 0 Å². The molecule has 2 saturated heterocycles. The Kier molecular flexibility index (Phi) is 8.88. The highest BCUT2D eigenvalue weighted by Crippen LogP contribution is 2.13. The Bertz CT molecular complexity index is 562. The van der Waals surface area contributed by atoms with Crippen molar-refractivity contribution in [2.24, 2.45) is 4.99 Å². The second kappa shape index (κ2) is 11.9. The molecule has 1 N–H and O–H groups in total. The SMILES string of the molecule is CCNC(=NCCCCCN1CCCCC1)N1CCN(c2ccccn2)CC1. The molecule has 0 aliphatic carbocycles. The maximum absolute atomic E-state index is 4.90. The number of pyridine rings is 1. The second-order valence-corrected chi connectivity index (χ2v) is 7.86. The largest absolute Gasteiger partial charge is 0.357 e. The third-order valence-corrected chi connectivity index (χ3v) is 5.73. The first-order valence-corrected chi connectivity index (χ1v) is 11.3. The number of anilines is 1. The van der Waals surface area contributed by atoms with Crippen molar-refractivity contribution in [2.75, 3.05) is 63.8 Å². The minimum atomic E-state index is 0.925. The third-order valence-electron chi connectivity index (χ3n) is 5.73. The zero-order valence-corrected chi connectivity index (χ0v) is 17.7. The van der Waals surface area contributed by atoms with E-state index in [2.05, 4.69) is 44.1 Å². The molecule has 0 atom stereocenters. The van der Waals surface area contributed by atoms with Gasteiger partial charge in [0.05, 0.1) is 0 Å². The van der Waals surface area contributed by atoms with Gasteiger partial charge in [0.15, 0.2) is 5.96 Å². The third kappa shape index (κ3) is 6.66. The summed E-state index contributed by atoms with van der Waals surface area (Å²) in [6, 6.07) is 6.13. The summed E-state index contributed by atoms with van der Waals surface area (Å²) in [7, 11) is 0. The van der Waals surface area contributed by atoms with Crippen LogP contribution in [0.1, 0.15) is 45.4 Å². The van der Waals surface area contributed by atoms with E-state index in [-0.39, 0.29) is 0 Å². The molecule has 2 aliphatic rings. The molecule has 0 amide bonds. The number of aromatic nitrogens is 1. The Balaban J connectivity index is 1.36. The fourth-order valence-corrected chi connectivity index (χ4v) is 4.11. The predicted octanol–water partition coefficient (Wildman–Crippen LogP) is 2.83. The number of unbranched alkanes of at least 4 members (excludes halogenated alkanes) is 2. The van der Waals surface area contributed by atoms with Gasteiger partial charge in [0, 0.05) is 45.5 Å². The highest BCUT2D eigenvalue weighted by Gasteiger charge is 2.20. The molecule has 0 unspecified atom stereocenters. The molecule has 0 bridgehead atoms. The summed E-state index contributed by atoms with van der Waals surface area (Å²) in [5.41, 5.74) is 0. The van der Waals surface area contributed by atoms with Crippen molar-refractivity contribution < 1.29 is 0 Å². The summed E-state index contributed by atoms with van der Waals surface area (Å²) in [4.78, 5) is 16.8. The fourth-order valence-electron chi connectivity index (χ4n) is 4.11. The summed E-state index contributed by atoms with van der Waals surface area (Å²) in [6.45, 7) is 11.9. The molecule has 1 aromatic heterocycles. The van der Waals surface area contributed by atoms with Gasteiger partial charge in [-0.3, -0.25) is 4.99 Å². The Morgan fingerprint density at radius 3 is 2.54 bits per heavy atom. The monoisotopic (exact) mass is 386 g/mol. The van der Waals surface area contributed by atoms with E-state index in [9.17, 15) is 0 Å². The van der Waals surface area contributed by atoms with Crippen molar-refractivity contribution in [2.45, 2.75) is 45.4 Å². The highest BCUT2D eigenvalue weighted by atomic mass is 15.4. The molecule has 0 aromatic carbocycles. The van der Waals surface area contributed by atoms with E-state index in [1.54, 1.807) is 0 Å². The first kappa shape index (κ1) is 20.9. The van der Waals surface area contributed by atoms with Crippen LogP contribution in [0.5, 0.6) is 0 Å². The lowest BCUT2D eigenvalue weighted by molar-refractivity contribution is 0.224. The molecule has 6 heteroatoms. The van der Waals surface area contributed by atoms with E-state index in [1.165, 1.54) is 58.2 Å². The molecule has 3 rings (SSSR count). The number of guanidine groups is 1. The molecule has 0 radical (unpaired) electrons. The molecule has 6 nitrogen and oxygen atoms in total. The topological polar surface area (TPSA) is 47.0 Å². The van der Waals surface area contributed by atoms with Gasteiger partial charge in [0.2, 0.25) is 0 Å². The van der Waals surface area contributed by atoms with Gasteiger partial charge in [-0.15, -0.1) is 0 Å². The van der Waals surface area contributed by atoms with Crippen LogP contribution in [-0.2, 0) is 0 Å². The fraction of sp³-hybridized carbons (Fsp3) is 0.727. The Morgan fingerprint density at radius 2 is 1.82 bits per heavy atom. The minimum Gasteiger partial charge on any atom is -0.357 e. The van der Waals surface area contributed by atoms with Crippen LogP contribution >= 0.6 is 0 Å². The second-order valence-electron chi connectivity index (χ2n) is 7.86. The van der Waals surface area contributed by atoms with Crippen LogP contribution in [0.15, 0.2) is 29.4 Å². The average molecular weight is 387 g/mol. The van der Waals surface area contributed by atoms with Crippen molar-refractivity contribution in [1.82, 2.24) is 20.1 Å². The van der Waals surface area contributed by atoms with Gasteiger partial charge in [-0.2, -0.15) is 0 Å². The molecule has 28 heavy (non-hydrogen) atoms. The number of rotatable bonds is 8. The predicted molar refractivity (Wildman–Crippen MR) is 118 cm³/mol. The highest BCUT2D eigenvalue weighted by molar-refractivity contribution is 5.80. The summed E-state index contributed by atoms with van der Waals surface area (Å²) < 4.78 is 0. The first-order chi connectivity index (χ1) is 13.9. The zero-order valence-electron chi connectivity index (χ0n) is 17.7. The van der Waals surface area contributed by atoms with Crippen molar-refractivity contribution in [3.05, 3.63) is 24.4 Å². The minimum absolute atomic E-state index is 0.925. The number of hydrogen-bond donors (Lipinski definition) is 1. The van der Waals surface area contributed by atoms with E-state index in [0.717, 1.165) is 51.0 Å². The van der Waals surface area contributed by atoms with E-state index in [0.29, 0.717) is 0 Å². The van der Waals surface area contributed by atoms with Crippen LogP contribution in [0, 0.1) is 0 Å². The molecule has 0 spiro atoms. The molecule has 2 fully saturated rings. The van der Waals surface area contributed by atoms with Gasteiger partial charge in [-0.25, -0.2) is 4.98 Å². The lowest BCUT2D eigenvalue weighted by Gasteiger charge is -2.37. The molecule has 156 valence electrons. The summed E-state index contributed by atoms with van der Waals surface area (Å²) in [5, 5.41) is 3.48. The van der Waals surface area contributed by atoms with E-state index < -0.39 is 0 Å². The number of nitrogens with zero attached hydrogens (tertiary/aromatic N) is 5. The van der Waals surface area contributed by atoms with Gasteiger partial charge in [-0.1, -0.05) is 18.9 Å². The smallest absolute Gasteiger partial charge is 0.194 e. The quantitative estimate of drug-likeness (QED) is 0.423. The Labute approximate surface area is 171 Å². The van der Waals surface area contributed by atoms with Crippen LogP contribution in [0.2, 0.25) is 0 Å². The van der Waals surface area contributed by atoms with Gasteiger partial charge in [-0.05, 0) is 64.4 Å². The van der Waals surface area contributed by atoms with Crippen LogP contribution in [0.4, 0.5) is 5.82 Å². The molecular formula is C22H38N6. The van der Waals surface area contributed by atoms with Crippen molar-refractivity contribution in [3.63, 3.8) is 0 Å². The number of hydrogen-bond acceptors (Lipinski definition) is 4. The molecular weight excluding hydrogens is 348 g/mol. The van der Waals surface area contributed by atoms with Gasteiger partial charge >= 0.3 is 0 Å². The van der Waals surface area contributed by atoms with Gasteiger partial charge in [0.1, 0.15) is 5.82 Å². The molecule has 2 aliphatic heterocycles. The standard InChI is InChI=1S/C22H38N6/c1-2-23-22(25-13-6-3-8-14-26-15-9-4-10-16-26)28-19-17-27(18-20-28)21-11-5-7-12-24-21/h5,7,11-12H,2-4,6,8-10,13-20H2,1H3,(H,23,25).